The molecule has 1 aromatic carbocycles. The number of anilines is 1. The lowest BCUT2D eigenvalue weighted by molar-refractivity contribution is 0.0966. The second-order valence-electron chi connectivity index (χ2n) is 7.01. The fourth-order valence-corrected chi connectivity index (χ4v) is 4.23. The van der Waals surface area contributed by atoms with E-state index in [-0.39, 0.29) is 11.9 Å². The molecule has 6 nitrogen and oxygen atoms in total. The molecule has 146 valence electrons. The Morgan fingerprint density at radius 1 is 1.21 bits per heavy atom. The van der Waals surface area contributed by atoms with E-state index >= 15 is 0 Å². The van der Waals surface area contributed by atoms with Gasteiger partial charge in [-0.2, -0.15) is 0 Å². The second-order valence-corrected chi connectivity index (χ2v) is 7.95. The summed E-state index contributed by atoms with van der Waals surface area (Å²) in [5.41, 5.74) is 0.900. The van der Waals surface area contributed by atoms with Gasteiger partial charge in [0, 0.05) is 24.4 Å². The fraction of sp³-hybridized carbons (Fsp3) is 0.333. The van der Waals surface area contributed by atoms with Gasteiger partial charge >= 0.3 is 0 Å². The Hall–Kier alpha value is -2.64. The predicted octanol–water partition coefficient (Wildman–Crippen LogP) is 3.68. The van der Waals surface area contributed by atoms with Crippen LogP contribution in [0.3, 0.4) is 0 Å². The van der Waals surface area contributed by atoms with Crippen LogP contribution in [0, 0.1) is 0 Å². The summed E-state index contributed by atoms with van der Waals surface area (Å²) in [5, 5.41) is 6.68. The van der Waals surface area contributed by atoms with Gasteiger partial charge in [0.25, 0.3) is 5.91 Å². The Balaban J connectivity index is 1.66. The summed E-state index contributed by atoms with van der Waals surface area (Å²) in [6, 6.07) is 13.6. The van der Waals surface area contributed by atoms with Crippen LogP contribution >= 0.6 is 11.3 Å². The fourth-order valence-electron chi connectivity index (χ4n) is 3.57. The maximum atomic E-state index is 13.3. The molecule has 1 aliphatic rings. The monoisotopic (exact) mass is 396 g/mol. The number of methoxy groups -OCH3 is 1. The molecule has 0 bridgehead atoms. The van der Waals surface area contributed by atoms with Gasteiger partial charge in [0.05, 0.1) is 17.7 Å². The summed E-state index contributed by atoms with van der Waals surface area (Å²) in [4.78, 5) is 18.2. The van der Waals surface area contributed by atoms with Gasteiger partial charge in [-0.3, -0.25) is 9.69 Å². The molecular formula is C21H24N4O2S. The van der Waals surface area contributed by atoms with Gasteiger partial charge in [0.1, 0.15) is 5.75 Å². The molecule has 0 aliphatic carbocycles. The highest BCUT2D eigenvalue weighted by Gasteiger charge is 2.31. The number of nitrogens with zero attached hydrogens (tertiary/aromatic N) is 4. The van der Waals surface area contributed by atoms with Crippen LogP contribution in [0.1, 0.15) is 22.5 Å². The van der Waals surface area contributed by atoms with Crippen molar-refractivity contribution in [2.24, 2.45) is 0 Å². The zero-order valence-corrected chi connectivity index (χ0v) is 16.9. The van der Waals surface area contributed by atoms with E-state index in [9.17, 15) is 4.79 Å². The molecule has 0 saturated carbocycles. The molecule has 1 saturated heterocycles. The van der Waals surface area contributed by atoms with E-state index in [1.165, 1.54) is 11.3 Å². The van der Waals surface area contributed by atoms with Gasteiger partial charge in [-0.1, -0.05) is 12.1 Å². The van der Waals surface area contributed by atoms with E-state index in [0.29, 0.717) is 5.82 Å². The van der Waals surface area contributed by atoms with Crippen molar-refractivity contribution in [3.63, 3.8) is 0 Å². The Bertz CT molecular complexity index is 930. The van der Waals surface area contributed by atoms with Crippen LogP contribution in [-0.4, -0.2) is 53.9 Å². The van der Waals surface area contributed by atoms with Gasteiger partial charge in [0.2, 0.25) is 0 Å². The van der Waals surface area contributed by atoms with Crippen LogP contribution in [-0.2, 0) is 0 Å². The summed E-state index contributed by atoms with van der Waals surface area (Å²) < 4.78 is 7.11. The Morgan fingerprint density at radius 2 is 2.04 bits per heavy atom. The summed E-state index contributed by atoms with van der Waals surface area (Å²) in [7, 11) is 3.77. The molecule has 4 rings (SSSR count). The van der Waals surface area contributed by atoms with Gasteiger partial charge in [-0.05, 0) is 56.6 Å². The SMILES string of the molecule is COc1cccc(-n2ccc(N(C(=O)c3cccs3)C3CCN(C)CC3)n2)c1. The van der Waals surface area contributed by atoms with E-state index in [1.54, 1.807) is 11.8 Å². The van der Waals surface area contributed by atoms with Gasteiger partial charge in [-0.25, -0.2) is 4.68 Å². The zero-order valence-electron chi connectivity index (χ0n) is 16.1. The van der Waals surface area contributed by atoms with E-state index in [2.05, 4.69) is 11.9 Å². The lowest BCUT2D eigenvalue weighted by atomic mass is 10.0. The normalized spacial score (nSPS) is 15.5. The standard InChI is InChI=1S/C21H24N4O2S/c1-23-11-8-16(9-12-23)25(21(26)19-7-4-14-28-19)20-10-13-24(22-20)17-5-3-6-18(15-17)27-2/h3-7,10,13-16H,8-9,11-12H2,1-2H3. The number of aromatic nitrogens is 2. The van der Waals surface area contributed by atoms with Crippen molar-refractivity contribution >= 4 is 23.1 Å². The van der Waals surface area contributed by atoms with Crippen LogP contribution in [0.15, 0.2) is 54.0 Å². The molecule has 1 amide bonds. The third kappa shape index (κ3) is 3.81. The van der Waals surface area contributed by atoms with Crippen molar-refractivity contribution in [2.75, 3.05) is 32.1 Å². The molecule has 0 unspecified atom stereocenters. The number of hydrogen-bond donors (Lipinski definition) is 0. The minimum Gasteiger partial charge on any atom is -0.497 e. The first-order chi connectivity index (χ1) is 13.7. The zero-order chi connectivity index (χ0) is 19.5. The molecule has 0 spiro atoms. The van der Waals surface area contributed by atoms with Crippen molar-refractivity contribution in [3.8, 4) is 11.4 Å². The maximum Gasteiger partial charge on any atom is 0.269 e. The number of hydrogen-bond acceptors (Lipinski definition) is 5. The maximum absolute atomic E-state index is 13.3. The van der Waals surface area contributed by atoms with Gasteiger partial charge < -0.3 is 9.64 Å². The molecule has 7 heteroatoms. The lowest BCUT2D eigenvalue weighted by Crippen LogP contribution is -2.47. The molecule has 28 heavy (non-hydrogen) atoms. The van der Waals surface area contributed by atoms with Crippen LogP contribution in [0.4, 0.5) is 5.82 Å². The summed E-state index contributed by atoms with van der Waals surface area (Å²) in [6.45, 7) is 1.96. The topological polar surface area (TPSA) is 50.6 Å². The van der Waals surface area contributed by atoms with Crippen molar-refractivity contribution in [1.29, 1.82) is 0 Å². The summed E-state index contributed by atoms with van der Waals surface area (Å²) in [6.07, 6.45) is 3.78. The summed E-state index contributed by atoms with van der Waals surface area (Å²) in [5.74, 6) is 1.49. The predicted molar refractivity (Wildman–Crippen MR) is 112 cm³/mol. The van der Waals surface area contributed by atoms with E-state index in [4.69, 9.17) is 9.84 Å². The van der Waals surface area contributed by atoms with Crippen LogP contribution in [0.2, 0.25) is 0 Å². The molecule has 2 aromatic heterocycles. The molecule has 1 fully saturated rings. The lowest BCUT2D eigenvalue weighted by Gasteiger charge is -2.36. The molecule has 3 aromatic rings. The number of likely N-dealkylation sites (tertiary alicyclic amines) is 1. The van der Waals surface area contributed by atoms with Gasteiger partial charge in [0.15, 0.2) is 5.82 Å². The van der Waals surface area contributed by atoms with E-state index < -0.39 is 0 Å². The molecule has 0 radical (unpaired) electrons. The third-order valence-corrected chi connectivity index (χ3v) is 6.00. The van der Waals surface area contributed by atoms with Crippen LogP contribution < -0.4 is 9.64 Å². The highest BCUT2D eigenvalue weighted by Crippen LogP contribution is 2.27. The first-order valence-electron chi connectivity index (χ1n) is 9.41. The highest BCUT2D eigenvalue weighted by atomic mass is 32.1. The Labute approximate surface area is 169 Å². The highest BCUT2D eigenvalue weighted by molar-refractivity contribution is 7.12. The summed E-state index contributed by atoms with van der Waals surface area (Å²) >= 11 is 1.47. The Kier molecular flexibility index (Phi) is 5.45. The third-order valence-electron chi connectivity index (χ3n) is 5.14. The number of benzene rings is 1. The average Bonchev–Trinajstić information content (AvgIpc) is 3.42. The second kappa shape index (κ2) is 8.16. The number of carbonyl (C=O) groups is 1. The van der Waals surface area contributed by atoms with Crippen molar-refractivity contribution in [1.82, 2.24) is 14.7 Å². The van der Waals surface area contributed by atoms with Crippen LogP contribution in [0.25, 0.3) is 5.69 Å². The smallest absolute Gasteiger partial charge is 0.269 e. The van der Waals surface area contributed by atoms with Crippen molar-refractivity contribution in [3.05, 3.63) is 58.9 Å². The number of ether oxygens (including phenoxy) is 1. The number of carbonyl (C=O) groups excluding carboxylic acids is 1. The first-order valence-corrected chi connectivity index (χ1v) is 10.3. The average molecular weight is 397 g/mol. The molecule has 0 atom stereocenters. The minimum absolute atomic E-state index is 0.0282. The number of thiophene rings is 1. The number of piperidine rings is 1. The quantitative estimate of drug-likeness (QED) is 0.660. The molecule has 0 N–H and O–H groups in total. The molecular weight excluding hydrogens is 372 g/mol. The Morgan fingerprint density at radius 3 is 2.75 bits per heavy atom. The molecule has 1 aliphatic heterocycles. The largest absolute Gasteiger partial charge is 0.497 e. The minimum atomic E-state index is 0.0282. The van der Waals surface area contributed by atoms with Crippen LogP contribution in [0.5, 0.6) is 5.75 Å². The number of rotatable bonds is 5. The van der Waals surface area contributed by atoms with Crippen molar-refractivity contribution in [2.45, 2.75) is 18.9 Å². The van der Waals surface area contributed by atoms with Gasteiger partial charge in [-0.15, -0.1) is 16.4 Å². The first kappa shape index (κ1) is 18.7. The molecule has 3 heterocycles. The van der Waals surface area contributed by atoms with E-state index in [0.717, 1.165) is 42.2 Å². The number of amides is 1. The van der Waals surface area contributed by atoms with E-state index in [1.807, 2.05) is 58.9 Å². The van der Waals surface area contributed by atoms with Crippen molar-refractivity contribution < 1.29 is 9.53 Å².